The van der Waals surface area contributed by atoms with Crippen molar-refractivity contribution in [2.45, 2.75) is 53.6 Å². The maximum atomic E-state index is 11.2. The van der Waals surface area contributed by atoms with E-state index in [0.717, 1.165) is 5.56 Å². The van der Waals surface area contributed by atoms with Gasteiger partial charge in [-0.3, -0.25) is 0 Å². The SMILES string of the molecule is CC1=CC(C)=C(C)C1c1ccc2ccccc2c1C(O)C(C)(C)C. The van der Waals surface area contributed by atoms with Crippen LogP contribution in [0.1, 0.15) is 64.7 Å². The average Bonchev–Trinajstić information content (AvgIpc) is 2.77. The highest BCUT2D eigenvalue weighted by Gasteiger charge is 2.32. The number of aliphatic hydroxyl groups is 1. The zero-order valence-electron chi connectivity index (χ0n) is 15.6. The molecule has 0 bridgehead atoms. The quantitative estimate of drug-likeness (QED) is 0.688. The molecule has 0 saturated heterocycles. The van der Waals surface area contributed by atoms with Crippen molar-refractivity contribution in [3.63, 3.8) is 0 Å². The van der Waals surface area contributed by atoms with E-state index < -0.39 is 6.10 Å². The molecule has 3 rings (SSSR count). The molecule has 0 heterocycles. The molecule has 1 aliphatic carbocycles. The van der Waals surface area contributed by atoms with Crippen LogP contribution in [0.25, 0.3) is 10.8 Å². The minimum Gasteiger partial charge on any atom is -0.388 e. The Labute approximate surface area is 145 Å². The van der Waals surface area contributed by atoms with Crippen LogP contribution < -0.4 is 0 Å². The van der Waals surface area contributed by atoms with Gasteiger partial charge < -0.3 is 5.11 Å². The van der Waals surface area contributed by atoms with Crippen molar-refractivity contribution >= 4 is 10.8 Å². The van der Waals surface area contributed by atoms with E-state index in [1.807, 2.05) is 0 Å². The number of hydrogen-bond acceptors (Lipinski definition) is 1. The number of aliphatic hydroxyl groups excluding tert-OH is 1. The third-order valence-corrected chi connectivity index (χ3v) is 5.36. The zero-order chi connectivity index (χ0) is 17.6. The van der Waals surface area contributed by atoms with E-state index in [0.29, 0.717) is 0 Å². The van der Waals surface area contributed by atoms with E-state index in [4.69, 9.17) is 0 Å². The molecule has 0 aromatic heterocycles. The summed E-state index contributed by atoms with van der Waals surface area (Å²) in [4.78, 5) is 0. The maximum absolute atomic E-state index is 11.2. The van der Waals surface area contributed by atoms with Crippen LogP contribution in [-0.2, 0) is 0 Å². The smallest absolute Gasteiger partial charge is 0.0847 e. The Hall–Kier alpha value is -1.86. The van der Waals surface area contributed by atoms with E-state index in [1.165, 1.54) is 33.1 Å². The van der Waals surface area contributed by atoms with E-state index in [-0.39, 0.29) is 11.3 Å². The number of allylic oxidation sites excluding steroid dienone is 4. The van der Waals surface area contributed by atoms with Gasteiger partial charge in [0, 0.05) is 5.92 Å². The summed E-state index contributed by atoms with van der Waals surface area (Å²) in [6.07, 6.45) is 1.78. The first-order valence-corrected chi connectivity index (χ1v) is 8.77. The molecule has 1 aliphatic rings. The van der Waals surface area contributed by atoms with Crippen molar-refractivity contribution in [1.29, 1.82) is 0 Å². The summed E-state index contributed by atoms with van der Waals surface area (Å²) in [5.74, 6) is 0.279. The Kier molecular flexibility index (Phi) is 4.17. The molecule has 2 aromatic rings. The number of benzene rings is 2. The molecule has 0 radical (unpaired) electrons. The van der Waals surface area contributed by atoms with Crippen LogP contribution in [0.2, 0.25) is 0 Å². The molecule has 2 atom stereocenters. The minimum absolute atomic E-state index is 0.207. The van der Waals surface area contributed by atoms with Gasteiger partial charge in [0.2, 0.25) is 0 Å². The molecule has 0 fully saturated rings. The predicted molar refractivity (Wildman–Crippen MR) is 103 cm³/mol. The molecule has 1 heteroatoms. The van der Waals surface area contributed by atoms with Gasteiger partial charge in [-0.25, -0.2) is 0 Å². The Morgan fingerprint density at radius 2 is 1.62 bits per heavy atom. The summed E-state index contributed by atoms with van der Waals surface area (Å²) in [7, 11) is 0. The van der Waals surface area contributed by atoms with Gasteiger partial charge in [-0.15, -0.1) is 0 Å². The third-order valence-electron chi connectivity index (χ3n) is 5.36. The zero-order valence-corrected chi connectivity index (χ0v) is 15.6. The molecular formula is C23H28O. The Morgan fingerprint density at radius 3 is 2.21 bits per heavy atom. The Balaban J connectivity index is 2.31. The molecule has 0 saturated carbocycles. The topological polar surface area (TPSA) is 20.2 Å². The number of fused-ring (bicyclic) bond motifs is 1. The molecule has 0 spiro atoms. The van der Waals surface area contributed by atoms with Crippen molar-refractivity contribution in [1.82, 2.24) is 0 Å². The van der Waals surface area contributed by atoms with Crippen molar-refractivity contribution in [2.24, 2.45) is 5.41 Å². The summed E-state index contributed by atoms with van der Waals surface area (Å²) >= 11 is 0. The van der Waals surface area contributed by atoms with Crippen LogP contribution in [0, 0.1) is 5.41 Å². The van der Waals surface area contributed by atoms with Crippen LogP contribution in [0.5, 0.6) is 0 Å². The van der Waals surface area contributed by atoms with Crippen LogP contribution in [0.4, 0.5) is 0 Å². The molecule has 0 amide bonds. The summed E-state index contributed by atoms with van der Waals surface area (Å²) < 4.78 is 0. The second-order valence-corrected chi connectivity index (χ2v) is 8.25. The lowest BCUT2D eigenvalue weighted by atomic mass is 9.76. The first-order chi connectivity index (χ1) is 11.2. The van der Waals surface area contributed by atoms with Gasteiger partial charge in [0.1, 0.15) is 0 Å². The second-order valence-electron chi connectivity index (χ2n) is 8.25. The number of hydrogen-bond donors (Lipinski definition) is 1. The molecule has 2 unspecified atom stereocenters. The Morgan fingerprint density at radius 1 is 0.958 bits per heavy atom. The first-order valence-electron chi connectivity index (χ1n) is 8.77. The lowest BCUT2D eigenvalue weighted by Gasteiger charge is -2.31. The Bertz CT molecular complexity index is 846. The van der Waals surface area contributed by atoms with E-state index in [9.17, 15) is 5.11 Å². The highest BCUT2D eigenvalue weighted by atomic mass is 16.3. The maximum Gasteiger partial charge on any atom is 0.0847 e. The van der Waals surface area contributed by atoms with Gasteiger partial charge in [0.25, 0.3) is 0 Å². The third kappa shape index (κ3) is 2.71. The lowest BCUT2D eigenvalue weighted by molar-refractivity contribution is 0.0631. The molecule has 1 N–H and O–H groups in total. The summed E-state index contributed by atoms with van der Waals surface area (Å²) in [5.41, 5.74) is 6.24. The molecular weight excluding hydrogens is 292 g/mol. The first kappa shape index (κ1) is 17.0. The molecule has 2 aromatic carbocycles. The van der Waals surface area contributed by atoms with Crippen LogP contribution in [0.15, 0.2) is 59.2 Å². The van der Waals surface area contributed by atoms with E-state index >= 15 is 0 Å². The van der Waals surface area contributed by atoms with Gasteiger partial charge in [0.15, 0.2) is 0 Å². The molecule has 24 heavy (non-hydrogen) atoms. The second kappa shape index (κ2) is 5.89. The van der Waals surface area contributed by atoms with Crippen molar-refractivity contribution in [3.05, 3.63) is 70.3 Å². The normalized spacial score (nSPS) is 19.8. The monoisotopic (exact) mass is 320 g/mol. The van der Waals surface area contributed by atoms with Crippen LogP contribution in [-0.4, -0.2) is 5.11 Å². The van der Waals surface area contributed by atoms with Gasteiger partial charge >= 0.3 is 0 Å². The van der Waals surface area contributed by atoms with Gasteiger partial charge in [0.05, 0.1) is 6.10 Å². The van der Waals surface area contributed by atoms with E-state index in [1.54, 1.807) is 0 Å². The molecule has 126 valence electrons. The largest absolute Gasteiger partial charge is 0.388 e. The van der Waals surface area contributed by atoms with Crippen LogP contribution in [0.3, 0.4) is 0 Å². The fourth-order valence-electron chi connectivity index (χ4n) is 3.89. The standard InChI is InChI=1S/C23H28O/c1-14-13-15(2)20(16(14)3)19-12-11-17-9-7-8-10-18(17)21(19)22(24)23(4,5)6/h7-13,20,22,24H,1-6H3. The average molecular weight is 320 g/mol. The minimum atomic E-state index is -0.500. The fourth-order valence-corrected chi connectivity index (χ4v) is 3.89. The molecule has 0 aliphatic heterocycles. The van der Waals surface area contributed by atoms with Crippen molar-refractivity contribution in [3.8, 4) is 0 Å². The highest BCUT2D eigenvalue weighted by molar-refractivity contribution is 5.88. The van der Waals surface area contributed by atoms with Crippen molar-refractivity contribution in [2.75, 3.05) is 0 Å². The highest BCUT2D eigenvalue weighted by Crippen LogP contribution is 2.46. The van der Waals surface area contributed by atoms with Gasteiger partial charge in [-0.1, -0.05) is 80.0 Å². The summed E-state index contributed by atoms with van der Waals surface area (Å²) in [6, 6.07) is 12.8. The summed E-state index contributed by atoms with van der Waals surface area (Å²) in [6.45, 7) is 12.9. The van der Waals surface area contributed by atoms with Crippen LogP contribution >= 0.6 is 0 Å². The van der Waals surface area contributed by atoms with Gasteiger partial charge in [-0.2, -0.15) is 0 Å². The molecule has 1 nitrogen and oxygen atoms in total. The summed E-state index contributed by atoms with van der Waals surface area (Å²) in [5, 5.41) is 13.6. The van der Waals surface area contributed by atoms with Crippen molar-refractivity contribution < 1.29 is 5.11 Å². The lowest BCUT2D eigenvalue weighted by Crippen LogP contribution is -2.20. The number of rotatable bonds is 2. The predicted octanol–water partition coefficient (Wildman–Crippen LogP) is 6.30. The van der Waals surface area contributed by atoms with E-state index in [2.05, 4.69) is 84.0 Å². The fraction of sp³-hybridized carbons (Fsp3) is 0.391. The van der Waals surface area contributed by atoms with Gasteiger partial charge in [-0.05, 0) is 48.1 Å².